The van der Waals surface area contributed by atoms with Crippen molar-refractivity contribution in [2.75, 3.05) is 13.4 Å². The predicted octanol–water partition coefficient (Wildman–Crippen LogP) is 2.12. The number of thioether (sulfide) groups is 1. The second-order valence-corrected chi connectivity index (χ2v) is 3.35. The number of nitriles is 1. The van der Waals surface area contributed by atoms with Crippen molar-refractivity contribution in [1.82, 2.24) is 5.32 Å². The fourth-order valence-electron chi connectivity index (χ4n) is 0.946. The molecule has 5 heteroatoms. The van der Waals surface area contributed by atoms with Gasteiger partial charge in [0, 0.05) is 0 Å². The standard InChI is InChI=1S/C10H11N3OS/c1-14-9-5-3-8(4-6-9)13-10(15-2)12-7-11/h3-6H,1-2H3,(H,12,13). The maximum absolute atomic E-state index is 8.45. The molecule has 0 saturated carbocycles. The fraction of sp³-hybridized carbons (Fsp3) is 0.200. The minimum atomic E-state index is 0.572. The van der Waals surface area contributed by atoms with Crippen LogP contribution in [-0.4, -0.2) is 18.5 Å². The van der Waals surface area contributed by atoms with Crippen molar-refractivity contribution in [3.05, 3.63) is 24.3 Å². The topological polar surface area (TPSA) is 57.4 Å². The van der Waals surface area contributed by atoms with Crippen molar-refractivity contribution in [2.45, 2.75) is 0 Å². The lowest BCUT2D eigenvalue weighted by Crippen LogP contribution is -2.12. The van der Waals surface area contributed by atoms with Gasteiger partial charge in [-0.1, -0.05) is 11.8 Å². The van der Waals surface area contributed by atoms with E-state index in [1.54, 1.807) is 7.11 Å². The Morgan fingerprint density at radius 1 is 1.47 bits per heavy atom. The molecule has 0 aliphatic heterocycles. The van der Waals surface area contributed by atoms with Crippen LogP contribution in [0.5, 0.6) is 5.75 Å². The summed E-state index contributed by atoms with van der Waals surface area (Å²) < 4.78 is 5.03. The number of amidine groups is 1. The van der Waals surface area contributed by atoms with Crippen molar-refractivity contribution < 1.29 is 4.74 Å². The highest BCUT2D eigenvalue weighted by Gasteiger charge is 1.96. The van der Waals surface area contributed by atoms with Crippen LogP contribution >= 0.6 is 11.8 Å². The average Bonchev–Trinajstić information content (AvgIpc) is 2.29. The number of ether oxygens (including phenoxy) is 1. The molecule has 4 nitrogen and oxygen atoms in total. The van der Waals surface area contributed by atoms with Gasteiger partial charge in [0.05, 0.1) is 12.8 Å². The van der Waals surface area contributed by atoms with Gasteiger partial charge in [0.15, 0.2) is 11.4 Å². The van der Waals surface area contributed by atoms with Crippen LogP contribution in [0, 0.1) is 11.5 Å². The molecule has 0 bridgehead atoms. The number of aliphatic imine (C=N–C) groups is 1. The Morgan fingerprint density at radius 2 is 2.13 bits per heavy atom. The summed E-state index contributed by atoms with van der Waals surface area (Å²) in [5, 5.41) is 11.5. The fourth-order valence-corrected chi connectivity index (χ4v) is 1.29. The molecule has 1 aromatic carbocycles. The first-order valence-electron chi connectivity index (χ1n) is 4.22. The Kier molecular flexibility index (Phi) is 4.51. The van der Waals surface area contributed by atoms with E-state index in [0.717, 1.165) is 11.4 Å². The van der Waals surface area contributed by atoms with Crippen molar-refractivity contribution >= 4 is 22.6 Å². The molecule has 0 atom stereocenters. The highest BCUT2D eigenvalue weighted by Crippen LogP contribution is 2.18. The molecule has 0 radical (unpaired) electrons. The molecule has 15 heavy (non-hydrogen) atoms. The predicted molar refractivity (Wildman–Crippen MR) is 62.4 cm³/mol. The van der Waals surface area contributed by atoms with Crippen LogP contribution in [0.3, 0.4) is 0 Å². The highest BCUT2D eigenvalue weighted by molar-refractivity contribution is 8.13. The van der Waals surface area contributed by atoms with Gasteiger partial charge < -0.3 is 4.74 Å². The van der Waals surface area contributed by atoms with Gasteiger partial charge in [-0.25, -0.2) is 4.99 Å². The number of hydrogen-bond acceptors (Lipinski definition) is 4. The minimum Gasteiger partial charge on any atom is -0.497 e. The Bertz CT molecular complexity index is 381. The molecule has 0 amide bonds. The molecule has 0 saturated heterocycles. The normalized spacial score (nSPS) is 10.6. The molecule has 0 fully saturated rings. The summed E-state index contributed by atoms with van der Waals surface area (Å²) in [5.41, 5.74) is 0.780. The van der Waals surface area contributed by atoms with E-state index >= 15 is 0 Å². The first-order chi connectivity index (χ1) is 7.30. The number of methoxy groups -OCH3 is 1. The third-order valence-corrected chi connectivity index (χ3v) is 2.24. The average molecular weight is 221 g/mol. The SMILES string of the molecule is COc1ccc(N=C(NC#N)SC)cc1. The number of rotatable bonds is 2. The zero-order valence-corrected chi connectivity index (χ0v) is 9.34. The van der Waals surface area contributed by atoms with Crippen LogP contribution in [0.1, 0.15) is 0 Å². The Labute approximate surface area is 93.0 Å². The molecule has 0 aliphatic rings. The summed E-state index contributed by atoms with van der Waals surface area (Å²) in [6.07, 6.45) is 3.69. The highest BCUT2D eigenvalue weighted by atomic mass is 32.2. The quantitative estimate of drug-likeness (QED) is 0.359. The van der Waals surface area contributed by atoms with Gasteiger partial charge in [-0.2, -0.15) is 5.26 Å². The summed E-state index contributed by atoms with van der Waals surface area (Å²) in [4.78, 5) is 4.23. The molecule has 1 N–H and O–H groups in total. The smallest absolute Gasteiger partial charge is 0.183 e. The molecule has 0 aromatic heterocycles. The summed E-state index contributed by atoms with van der Waals surface area (Å²) in [6.45, 7) is 0. The molecule has 78 valence electrons. The monoisotopic (exact) mass is 221 g/mol. The summed E-state index contributed by atoms with van der Waals surface area (Å²) in [5.74, 6) is 0.785. The molecular weight excluding hydrogens is 210 g/mol. The third-order valence-electron chi connectivity index (χ3n) is 1.66. The summed E-state index contributed by atoms with van der Waals surface area (Å²) >= 11 is 1.38. The van der Waals surface area contributed by atoms with E-state index < -0.39 is 0 Å². The third kappa shape index (κ3) is 3.52. The van der Waals surface area contributed by atoms with Gasteiger partial charge in [0.25, 0.3) is 0 Å². The molecule has 0 aliphatic carbocycles. The zero-order valence-electron chi connectivity index (χ0n) is 8.52. The van der Waals surface area contributed by atoms with Crippen molar-refractivity contribution in [1.29, 1.82) is 5.26 Å². The molecule has 1 rings (SSSR count). The lowest BCUT2D eigenvalue weighted by molar-refractivity contribution is 0.415. The minimum absolute atomic E-state index is 0.572. The van der Waals surface area contributed by atoms with E-state index in [2.05, 4.69) is 10.3 Å². The summed E-state index contributed by atoms with van der Waals surface area (Å²) in [6, 6.07) is 7.30. The number of benzene rings is 1. The van der Waals surface area contributed by atoms with Gasteiger partial charge in [-0.3, -0.25) is 5.32 Å². The van der Waals surface area contributed by atoms with Crippen LogP contribution < -0.4 is 10.1 Å². The van der Waals surface area contributed by atoms with Gasteiger partial charge in [0.1, 0.15) is 5.75 Å². The Hall–Kier alpha value is -1.67. The van der Waals surface area contributed by atoms with Crippen molar-refractivity contribution in [3.8, 4) is 11.9 Å². The van der Waals surface area contributed by atoms with Crippen LogP contribution in [0.25, 0.3) is 0 Å². The second-order valence-electron chi connectivity index (χ2n) is 2.56. The zero-order chi connectivity index (χ0) is 11.1. The van der Waals surface area contributed by atoms with Crippen molar-refractivity contribution in [3.63, 3.8) is 0 Å². The van der Waals surface area contributed by atoms with E-state index in [0.29, 0.717) is 5.17 Å². The largest absolute Gasteiger partial charge is 0.497 e. The maximum atomic E-state index is 8.45. The number of hydrogen-bond donors (Lipinski definition) is 1. The molecule has 0 heterocycles. The first kappa shape index (κ1) is 11.4. The van der Waals surface area contributed by atoms with Crippen molar-refractivity contribution in [2.24, 2.45) is 4.99 Å². The maximum Gasteiger partial charge on any atom is 0.183 e. The van der Waals surface area contributed by atoms with E-state index in [9.17, 15) is 0 Å². The van der Waals surface area contributed by atoms with E-state index in [1.807, 2.05) is 36.7 Å². The van der Waals surface area contributed by atoms with Gasteiger partial charge in [0.2, 0.25) is 0 Å². The van der Waals surface area contributed by atoms with E-state index in [-0.39, 0.29) is 0 Å². The van der Waals surface area contributed by atoms with E-state index in [1.165, 1.54) is 11.8 Å². The Morgan fingerprint density at radius 3 is 2.60 bits per heavy atom. The molecule has 0 spiro atoms. The van der Waals surface area contributed by atoms with Crippen LogP contribution in [-0.2, 0) is 0 Å². The van der Waals surface area contributed by atoms with Gasteiger partial charge >= 0.3 is 0 Å². The van der Waals surface area contributed by atoms with Gasteiger partial charge in [-0.15, -0.1) is 0 Å². The second kappa shape index (κ2) is 5.94. The lowest BCUT2D eigenvalue weighted by Gasteiger charge is -2.01. The van der Waals surface area contributed by atoms with E-state index in [4.69, 9.17) is 10.00 Å². The molecule has 0 unspecified atom stereocenters. The molecular formula is C10H11N3OS. The van der Waals surface area contributed by atoms with Crippen LogP contribution in [0.4, 0.5) is 5.69 Å². The Balaban J connectivity index is 2.83. The first-order valence-corrected chi connectivity index (χ1v) is 5.44. The van der Waals surface area contributed by atoms with Crippen LogP contribution in [0.2, 0.25) is 0 Å². The van der Waals surface area contributed by atoms with Gasteiger partial charge in [-0.05, 0) is 30.5 Å². The lowest BCUT2D eigenvalue weighted by atomic mass is 10.3. The summed E-state index contributed by atoms with van der Waals surface area (Å²) in [7, 11) is 1.61. The van der Waals surface area contributed by atoms with Crippen LogP contribution in [0.15, 0.2) is 29.3 Å². The molecule has 1 aromatic rings. The number of nitrogens with one attached hydrogen (secondary N) is 1. The number of nitrogens with zero attached hydrogens (tertiary/aromatic N) is 2.